The van der Waals surface area contributed by atoms with E-state index in [0.717, 1.165) is 16.8 Å². The van der Waals surface area contributed by atoms with Gasteiger partial charge in [0.2, 0.25) is 5.91 Å². The van der Waals surface area contributed by atoms with Gasteiger partial charge in [-0.25, -0.2) is 0 Å². The highest BCUT2D eigenvalue weighted by atomic mass is 16.5. The van der Waals surface area contributed by atoms with Crippen molar-refractivity contribution < 1.29 is 18.8 Å². The van der Waals surface area contributed by atoms with Crippen molar-refractivity contribution in [3.8, 4) is 0 Å². The van der Waals surface area contributed by atoms with Gasteiger partial charge in [0.25, 0.3) is 0 Å². The number of methoxy groups -OCH3 is 1. The molecule has 1 aliphatic heterocycles. The van der Waals surface area contributed by atoms with E-state index in [1.807, 2.05) is 63.1 Å². The van der Waals surface area contributed by atoms with Gasteiger partial charge in [0.1, 0.15) is 5.54 Å². The molecule has 0 saturated carbocycles. The number of nitrogens with zero attached hydrogens (tertiary/aromatic N) is 3. The maximum absolute atomic E-state index is 13.5. The van der Waals surface area contributed by atoms with Gasteiger partial charge < -0.3 is 14.2 Å². The van der Waals surface area contributed by atoms with Crippen LogP contribution in [0.25, 0.3) is 0 Å². The first kappa shape index (κ1) is 21.0. The fourth-order valence-electron chi connectivity index (χ4n) is 4.36. The molecule has 1 amide bonds. The second-order valence-electron chi connectivity index (χ2n) is 8.12. The number of hydrogen-bond donors (Lipinski definition) is 0. The highest BCUT2D eigenvalue weighted by Crippen LogP contribution is 2.47. The van der Waals surface area contributed by atoms with E-state index in [1.54, 1.807) is 11.9 Å². The summed E-state index contributed by atoms with van der Waals surface area (Å²) < 4.78 is 10.3. The summed E-state index contributed by atoms with van der Waals surface area (Å²) in [5.41, 5.74) is 2.03. The molecular formula is C22H29N3O4. The van der Waals surface area contributed by atoms with Crippen molar-refractivity contribution in [2.75, 3.05) is 21.2 Å². The maximum atomic E-state index is 13.5. The number of benzene rings is 1. The Bertz CT molecular complexity index is 909. The molecule has 7 nitrogen and oxygen atoms in total. The van der Waals surface area contributed by atoms with E-state index in [1.165, 1.54) is 7.11 Å². The highest BCUT2D eigenvalue weighted by molar-refractivity contribution is 5.86. The zero-order valence-electron chi connectivity index (χ0n) is 17.9. The van der Waals surface area contributed by atoms with Crippen LogP contribution in [-0.4, -0.2) is 53.6 Å². The Morgan fingerprint density at radius 3 is 2.62 bits per heavy atom. The van der Waals surface area contributed by atoms with E-state index < -0.39 is 5.54 Å². The number of likely N-dealkylation sites (tertiary alicyclic amines) is 1. The molecule has 0 unspecified atom stereocenters. The van der Waals surface area contributed by atoms with E-state index >= 15 is 0 Å². The van der Waals surface area contributed by atoms with Gasteiger partial charge in [-0.1, -0.05) is 29.4 Å². The quantitative estimate of drug-likeness (QED) is 0.720. The summed E-state index contributed by atoms with van der Waals surface area (Å²) in [7, 11) is 5.03. The first-order valence-corrected chi connectivity index (χ1v) is 9.73. The zero-order valence-corrected chi connectivity index (χ0v) is 17.9. The lowest BCUT2D eigenvalue weighted by molar-refractivity contribution is -0.152. The molecule has 2 aromatic rings. The van der Waals surface area contributed by atoms with Crippen molar-refractivity contribution in [2.24, 2.45) is 5.92 Å². The molecule has 0 bridgehead atoms. The Kier molecular flexibility index (Phi) is 5.80. The van der Waals surface area contributed by atoms with E-state index in [2.05, 4.69) is 5.16 Å². The van der Waals surface area contributed by atoms with Gasteiger partial charge in [-0.05, 0) is 45.4 Å². The van der Waals surface area contributed by atoms with Gasteiger partial charge in [-0.3, -0.25) is 14.5 Å². The molecule has 7 heteroatoms. The van der Waals surface area contributed by atoms with Gasteiger partial charge in [0.05, 0.1) is 25.3 Å². The van der Waals surface area contributed by atoms with Crippen molar-refractivity contribution in [1.82, 2.24) is 15.0 Å². The lowest BCUT2D eigenvalue weighted by Gasteiger charge is -2.34. The van der Waals surface area contributed by atoms with Crippen molar-refractivity contribution in [1.29, 1.82) is 0 Å². The highest BCUT2D eigenvalue weighted by Gasteiger charge is 2.55. The number of likely N-dealkylation sites (N-methyl/N-ethyl adjacent to an activating group) is 1. The largest absolute Gasteiger partial charge is 0.468 e. The topological polar surface area (TPSA) is 75.9 Å². The molecule has 2 heterocycles. The predicted octanol–water partition coefficient (Wildman–Crippen LogP) is 2.87. The van der Waals surface area contributed by atoms with Crippen LogP contribution in [0.3, 0.4) is 0 Å². The normalized spacial score (nSPS) is 24.5. The number of carbonyl (C=O) groups excluding carboxylic acids is 2. The number of ether oxygens (including phenoxy) is 1. The SMILES string of the molecule is COC(=O)[C@]1(C)C[C@H](C(=O)N(C)Cc2cc(C)no2)[C@H](c2ccccc2C)N1C. The molecule has 156 valence electrons. The summed E-state index contributed by atoms with van der Waals surface area (Å²) in [4.78, 5) is 29.7. The van der Waals surface area contributed by atoms with Gasteiger partial charge in [0.15, 0.2) is 5.76 Å². The second-order valence-corrected chi connectivity index (χ2v) is 8.12. The van der Waals surface area contributed by atoms with Crippen LogP contribution < -0.4 is 0 Å². The third-order valence-electron chi connectivity index (χ3n) is 6.09. The molecule has 3 atom stereocenters. The van der Waals surface area contributed by atoms with Crippen LogP contribution in [0.4, 0.5) is 0 Å². The number of carbonyl (C=O) groups is 2. The second kappa shape index (κ2) is 7.99. The molecule has 1 aliphatic rings. The summed E-state index contributed by atoms with van der Waals surface area (Å²) in [6.07, 6.45) is 0.383. The minimum Gasteiger partial charge on any atom is -0.468 e. The number of amides is 1. The lowest BCUT2D eigenvalue weighted by Crippen LogP contribution is -2.47. The Balaban J connectivity index is 1.95. The van der Waals surface area contributed by atoms with E-state index in [-0.39, 0.29) is 23.8 Å². The van der Waals surface area contributed by atoms with Gasteiger partial charge in [0, 0.05) is 19.2 Å². The van der Waals surface area contributed by atoms with Gasteiger partial charge >= 0.3 is 5.97 Å². The molecule has 1 aromatic carbocycles. The summed E-state index contributed by atoms with van der Waals surface area (Å²) in [5.74, 6) is -0.124. The minimum absolute atomic E-state index is 0.0354. The van der Waals surface area contributed by atoms with E-state index in [4.69, 9.17) is 9.26 Å². The van der Waals surface area contributed by atoms with Crippen LogP contribution in [0.2, 0.25) is 0 Å². The molecule has 0 aliphatic carbocycles. The van der Waals surface area contributed by atoms with Crippen LogP contribution in [0.15, 0.2) is 34.9 Å². The van der Waals surface area contributed by atoms with E-state index in [0.29, 0.717) is 18.7 Å². The van der Waals surface area contributed by atoms with Crippen molar-refractivity contribution in [3.05, 3.63) is 52.9 Å². The van der Waals surface area contributed by atoms with Crippen molar-refractivity contribution in [3.63, 3.8) is 0 Å². The Morgan fingerprint density at radius 2 is 2.03 bits per heavy atom. The number of hydrogen-bond acceptors (Lipinski definition) is 6. The fourth-order valence-corrected chi connectivity index (χ4v) is 4.36. The molecular weight excluding hydrogens is 370 g/mol. The molecule has 0 radical (unpaired) electrons. The number of aromatic nitrogens is 1. The third kappa shape index (κ3) is 3.79. The molecule has 1 aromatic heterocycles. The minimum atomic E-state index is -0.883. The summed E-state index contributed by atoms with van der Waals surface area (Å²) in [6.45, 7) is 6.04. The number of rotatable bonds is 5. The van der Waals surface area contributed by atoms with Crippen molar-refractivity contribution in [2.45, 2.75) is 45.3 Å². The average molecular weight is 399 g/mol. The van der Waals surface area contributed by atoms with Crippen LogP contribution in [0.5, 0.6) is 0 Å². The maximum Gasteiger partial charge on any atom is 0.326 e. The number of aryl methyl sites for hydroxylation is 2. The van der Waals surface area contributed by atoms with Gasteiger partial charge in [-0.15, -0.1) is 0 Å². The summed E-state index contributed by atoms with van der Waals surface area (Å²) in [6, 6.07) is 9.59. The first-order valence-electron chi connectivity index (χ1n) is 9.73. The summed E-state index contributed by atoms with van der Waals surface area (Å²) >= 11 is 0. The van der Waals surface area contributed by atoms with Crippen LogP contribution >= 0.6 is 0 Å². The Morgan fingerprint density at radius 1 is 1.34 bits per heavy atom. The molecule has 0 spiro atoms. The smallest absolute Gasteiger partial charge is 0.326 e. The predicted molar refractivity (Wildman–Crippen MR) is 108 cm³/mol. The van der Waals surface area contributed by atoms with Crippen molar-refractivity contribution >= 4 is 11.9 Å². The molecule has 3 rings (SSSR count). The molecule has 1 fully saturated rings. The third-order valence-corrected chi connectivity index (χ3v) is 6.09. The van der Waals surface area contributed by atoms with Crippen LogP contribution in [0, 0.1) is 19.8 Å². The van der Waals surface area contributed by atoms with Gasteiger partial charge in [-0.2, -0.15) is 0 Å². The Labute approximate surface area is 171 Å². The standard InChI is InChI=1S/C22H29N3O4/c1-14-9-7-8-10-17(14)19-18(12-22(3,25(19)5)21(27)28-6)20(26)24(4)13-16-11-15(2)23-29-16/h7-11,18-19H,12-13H2,1-6H3/t18-,19-,22-/m0/s1. The van der Waals surface area contributed by atoms with E-state index in [9.17, 15) is 9.59 Å². The lowest BCUT2D eigenvalue weighted by atomic mass is 9.87. The first-order chi connectivity index (χ1) is 13.7. The number of esters is 1. The fraction of sp³-hybridized carbons (Fsp3) is 0.500. The monoisotopic (exact) mass is 399 g/mol. The zero-order chi connectivity index (χ0) is 21.3. The van der Waals surface area contributed by atoms with Crippen LogP contribution in [-0.2, 0) is 20.9 Å². The van der Waals surface area contributed by atoms with Crippen LogP contribution in [0.1, 0.15) is 42.0 Å². The molecule has 0 N–H and O–H groups in total. The summed E-state index contributed by atoms with van der Waals surface area (Å²) in [5, 5.41) is 3.89. The molecule has 29 heavy (non-hydrogen) atoms. The average Bonchev–Trinajstić information content (AvgIpc) is 3.22. The molecule has 1 saturated heterocycles. The Hall–Kier alpha value is -2.67.